The van der Waals surface area contributed by atoms with Crippen molar-refractivity contribution in [1.82, 2.24) is 9.44 Å². The number of nitriles is 2. The van der Waals surface area contributed by atoms with Crippen molar-refractivity contribution in [3.8, 4) is 12.1 Å². The van der Waals surface area contributed by atoms with Crippen molar-refractivity contribution in [2.75, 3.05) is 13.1 Å². The van der Waals surface area contributed by atoms with Crippen LogP contribution in [0, 0.1) is 22.7 Å². The normalized spacial score (nSPS) is 11.5. The first-order valence-corrected chi connectivity index (χ1v) is 8.13. The van der Waals surface area contributed by atoms with E-state index < -0.39 is 33.1 Å². The highest BCUT2D eigenvalue weighted by Crippen LogP contribution is 2.15. The zero-order chi connectivity index (χ0) is 15.2. The molecule has 10 heteroatoms. The minimum atomic E-state index is -3.96. The topological polar surface area (TPSA) is 140 Å². The van der Waals surface area contributed by atoms with E-state index in [1.165, 1.54) is 18.2 Å². The van der Waals surface area contributed by atoms with E-state index in [1.54, 1.807) is 12.1 Å². The van der Waals surface area contributed by atoms with Gasteiger partial charge in [0.2, 0.25) is 20.0 Å². The van der Waals surface area contributed by atoms with Gasteiger partial charge in [-0.3, -0.25) is 0 Å². The average Bonchev–Trinajstić information content (AvgIpc) is 2.43. The summed E-state index contributed by atoms with van der Waals surface area (Å²) in [7, 11) is -7.91. The second-order valence-electron chi connectivity index (χ2n) is 3.44. The molecular weight excluding hydrogens is 304 g/mol. The fourth-order valence-corrected chi connectivity index (χ4v) is 3.23. The highest BCUT2D eigenvalue weighted by Gasteiger charge is 2.18. The van der Waals surface area contributed by atoms with Crippen LogP contribution in [0.4, 0.5) is 0 Å². The molecule has 0 aliphatic rings. The molecule has 0 atom stereocenters. The van der Waals surface area contributed by atoms with Crippen molar-refractivity contribution < 1.29 is 16.8 Å². The number of benzene rings is 1. The molecule has 8 nitrogen and oxygen atoms in total. The molecule has 106 valence electrons. The number of hydrogen-bond donors (Lipinski definition) is 2. The van der Waals surface area contributed by atoms with Crippen molar-refractivity contribution in [3.63, 3.8) is 0 Å². The second kappa shape index (κ2) is 6.45. The average molecular weight is 314 g/mol. The summed E-state index contributed by atoms with van der Waals surface area (Å²) in [6.07, 6.45) is 0. The van der Waals surface area contributed by atoms with E-state index in [0.29, 0.717) is 0 Å². The Morgan fingerprint density at radius 1 is 0.900 bits per heavy atom. The second-order valence-corrected chi connectivity index (χ2v) is 6.97. The first-order valence-electron chi connectivity index (χ1n) is 5.17. The first-order chi connectivity index (χ1) is 9.33. The Morgan fingerprint density at radius 2 is 1.30 bits per heavy atom. The summed E-state index contributed by atoms with van der Waals surface area (Å²) >= 11 is 0. The summed E-state index contributed by atoms with van der Waals surface area (Å²) in [5, 5.41) is 16.7. The van der Waals surface area contributed by atoms with E-state index in [-0.39, 0.29) is 9.79 Å². The zero-order valence-electron chi connectivity index (χ0n) is 10.1. The summed E-state index contributed by atoms with van der Waals surface area (Å²) < 4.78 is 51.0. The van der Waals surface area contributed by atoms with Crippen LogP contribution >= 0.6 is 0 Å². The number of sulfonamides is 2. The highest BCUT2D eigenvalue weighted by atomic mass is 32.2. The van der Waals surface area contributed by atoms with Crippen molar-refractivity contribution in [1.29, 1.82) is 10.5 Å². The quantitative estimate of drug-likeness (QED) is 0.665. The molecule has 0 aromatic heterocycles. The third kappa shape index (κ3) is 4.01. The van der Waals surface area contributed by atoms with Crippen molar-refractivity contribution in [3.05, 3.63) is 24.3 Å². The van der Waals surface area contributed by atoms with Gasteiger partial charge in [0.25, 0.3) is 0 Å². The molecule has 0 aliphatic carbocycles. The molecule has 1 rings (SSSR count). The molecule has 0 saturated carbocycles. The van der Waals surface area contributed by atoms with Crippen LogP contribution in [0.5, 0.6) is 0 Å². The molecule has 0 unspecified atom stereocenters. The first kappa shape index (κ1) is 16.1. The summed E-state index contributed by atoms with van der Waals surface area (Å²) in [6, 6.07) is 7.81. The van der Waals surface area contributed by atoms with Crippen LogP contribution in [-0.4, -0.2) is 29.9 Å². The van der Waals surface area contributed by atoms with Crippen LogP contribution in [0.2, 0.25) is 0 Å². The van der Waals surface area contributed by atoms with Crippen LogP contribution in [0.15, 0.2) is 34.1 Å². The van der Waals surface area contributed by atoms with E-state index in [4.69, 9.17) is 10.5 Å². The number of rotatable bonds is 6. The predicted molar refractivity (Wildman–Crippen MR) is 68.0 cm³/mol. The SMILES string of the molecule is N#CCNS(=O)(=O)c1cccc(S(=O)(=O)NCC#N)c1. The lowest BCUT2D eigenvalue weighted by molar-refractivity contribution is 0.583. The zero-order valence-corrected chi connectivity index (χ0v) is 11.7. The molecule has 1 aromatic rings. The van der Waals surface area contributed by atoms with E-state index in [2.05, 4.69) is 0 Å². The summed E-state index contributed by atoms with van der Waals surface area (Å²) in [6.45, 7) is -0.849. The summed E-state index contributed by atoms with van der Waals surface area (Å²) in [5.41, 5.74) is 0. The van der Waals surface area contributed by atoms with Gasteiger partial charge in [-0.1, -0.05) is 6.07 Å². The molecule has 0 bridgehead atoms. The van der Waals surface area contributed by atoms with Crippen LogP contribution < -0.4 is 9.44 Å². The fourth-order valence-electron chi connectivity index (χ4n) is 1.23. The Hall–Kier alpha value is -1.98. The minimum absolute atomic E-state index is 0.285. The van der Waals surface area contributed by atoms with E-state index in [9.17, 15) is 16.8 Å². The molecule has 0 spiro atoms. The Morgan fingerprint density at radius 3 is 1.65 bits per heavy atom. The Labute approximate surface area is 116 Å². The summed E-state index contributed by atoms with van der Waals surface area (Å²) in [5.74, 6) is 0. The lowest BCUT2D eigenvalue weighted by Gasteiger charge is -2.07. The molecule has 0 aliphatic heterocycles. The largest absolute Gasteiger partial charge is 0.241 e. The number of hydrogen-bond acceptors (Lipinski definition) is 6. The maximum atomic E-state index is 11.8. The van der Waals surface area contributed by atoms with E-state index >= 15 is 0 Å². The van der Waals surface area contributed by atoms with Crippen LogP contribution in [0.1, 0.15) is 0 Å². The molecule has 0 radical (unpaired) electrons. The van der Waals surface area contributed by atoms with Gasteiger partial charge in [-0.2, -0.15) is 20.0 Å². The van der Waals surface area contributed by atoms with Gasteiger partial charge < -0.3 is 0 Å². The smallest absolute Gasteiger partial charge is 0.207 e. The van der Waals surface area contributed by atoms with Crippen molar-refractivity contribution in [2.45, 2.75) is 9.79 Å². The Balaban J connectivity index is 3.16. The Bertz CT molecular complexity index is 709. The van der Waals surface area contributed by atoms with E-state index in [1.807, 2.05) is 9.44 Å². The highest BCUT2D eigenvalue weighted by molar-refractivity contribution is 7.90. The number of nitrogens with zero attached hydrogens (tertiary/aromatic N) is 2. The fraction of sp³-hybridized carbons (Fsp3) is 0.200. The van der Waals surface area contributed by atoms with Gasteiger partial charge in [-0.25, -0.2) is 16.8 Å². The van der Waals surface area contributed by atoms with Crippen LogP contribution in [0.25, 0.3) is 0 Å². The maximum Gasteiger partial charge on any atom is 0.241 e. The summed E-state index contributed by atoms with van der Waals surface area (Å²) in [4.78, 5) is -0.569. The van der Waals surface area contributed by atoms with Crippen LogP contribution in [-0.2, 0) is 20.0 Å². The molecule has 0 amide bonds. The van der Waals surface area contributed by atoms with Gasteiger partial charge in [-0.15, -0.1) is 0 Å². The van der Waals surface area contributed by atoms with E-state index in [0.717, 1.165) is 6.07 Å². The van der Waals surface area contributed by atoms with Crippen LogP contribution in [0.3, 0.4) is 0 Å². The molecule has 0 fully saturated rings. The third-order valence-electron chi connectivity index (χ3n) is 2.11. The minimum Gasteiger partial charge on any atom is -0.207 e. The van der Waals surface area contributed by atoms with Crippen molar-refractivity contribution >= 4 is 20.0 Å². The molecule has 0 heterocycles. The third-order valence-corrected chi connectivity index (χ3v) is 4.91. The molecule has 1 aromatic carbocycles. The standard InChI is InChI=1S/C10H10N4O4S2/c11-4-6-13-19(15,16)9-2-1-3-10(8-9)20(17,18)14-7-5-12/h1-3,8,13-14H,6-7H2. The monoisotopic (exact) mass is 314 g/mol. The lowest BCUT2D eigenvalue weighted by Crippen LogP contribution is -2.26. The lowest BCUT2D eigenvalue weighted by atomic mass is 10.4. The van der Waals surface area contributed by atoms with Gasteiger partial charge in [-0.05, 0) is 18.2 Å². The van der Waals surface area contributed by atoms with Gasteiger partial charge in [0, 0.05) is 0 Å². The maximum absolute atomic E-state index is 11.8. The number of nitrogens with one attached hydrogen (secondary N) is 2. The van der Waals surface area contributed by atoms with Gasteiger partial charge in [0.15, 0.2) is 0 Å². The molecule has 20 heavy (non-hydrogen) atoms. The van der Waals surface area contributed by atoms with Gasteiger partial charge in [0.1, 0.15) is 0 Å². The van der Waals surface area contributed by atoms with Crippen molar-refractivity contribution in [2.24, 2.45) is 0 Å². The molecule has 2 N–H and O–H groups in total. The van der Waals surface area contributed by atoms with Gasteiger partial charge in [0.05, 0.1) is 35.0 Å². The molecular formula is C10H10N4O4S2. The molecule has 0 saturated heterocycles. The Kier molecular flexibility index (Phi) is 5.19. The predicted octanol–water partition coefficient (Wildman–Crippen LogP) is -0.710. The van der Waals surface area contributed by atoms with Gasteiger partial charge >= 0.3 is 0 Å².